The number of hydrogen-bond acceptors (Lipinski definition) is 3. The summed E-state index contributed by atoms with van der Waals surface area (Å²) in [6, 6.07) is 6.06. The van der Waals surface area contributed by atoms with E-state index in [4.69, 9.17) is 9.47 Å². The van der Waals surface area contributed by atoms with Crippen molar-refractivity contribution < 1.29 is 27.4 Å². The zero-order chi connectivity index (χ0) is 15.2. The second-order valence-corrected chi connectivity index (χ2v) is 4.04. The molecule has 1 aromatic rings. The molecule has 0 heterocycles. The number of ether oxygens (including phenoxy) is 2. The molecule has 1 atom stereocenters. The SMILES string of the molecule is CCC(COc1ccccc1OC(=O)NC)C(F)(F)F. The first kappa shape index (κ1) is 16.1. The summed E-state index contributed by atoms with van der Waals surface area (Å²) in [7, 11) is 1.38. The molecule has 0 saturated carbocycles. The highest BCUT2D eigenvalue weighted by Gasteiger charge is 2.38. The highest BCUT2D eigenvalue weighted by atomic mass is 19.4. The zero-order valence-corrected chi connectivity index (χ0v) is 11.2. The summed E-state index contributed by atoms with van der Waals surface area (Å²) in [4.78, 5) is 11.1. The number of nitrogens with one attached hydrogen (secondary N) is 1. The lowest BCUT2D eigenvalue weighted by Crippen LogP contribution is -2.28. The van der Waals surface area contributed by atoms with Gasteiger partial charge < -0.3 is 14.8 Å². The van der Waals surface area contributed by atoms with E-state index in [9.17, 15) is 18.0 Å². The Morgan fingerprint density at radius 3 is 2.40 bits per heavy atom. The fraction of sp³-hybridized carbons (Fsp3) is 0.462. The van der Waals surface area contributed by atoms with Crippen LogP contribution in [0.15, 0.2) is 24.3 Å². The van der Waals surface area contributed by atoms with Crippen molar-refractivity contribution in [2.45, 2.75) is 19.5 Å². The number of benzene rings is 1. The third-order valence-corrected chi connectivity index (χ3v) is 2.65. The van der Waals surface area contributed by atoms with Gasteiger partial charge in [-0.3, -0.25) is 0 Å². The summed E-state index contributed by atoms with van der Waals surface area (Å²) in [6.07, 6.45) is -5.11. The molecule has 4 nitrogen and oxygen atoms in total. The third-order valence-electron chi connectivity index (χ3n) is 2.65. The normalized spacial score (nSPS) is 12.7. The van der Waals surface area contributed by atoms with E-state index in [0.717, 1.165) is 0 Å². The largest absolute Gasteiger partial charge is 0.489 e. The zero-order valence-electron chi connectivity index (χ0n) is 11.2. The average Bonchev–Trinajstić information content (AvgIpc) is 2.39. The molecule has 1 unspecified atom stereocenters. The van der Waals surface area contributed by atoms with Gasteiger partial charge in [0.1, 0.15) is 0 Å². The number of alkyl halides is 3. The van der Waals surface area contributed by atoms with Crippen LogP contribution in [0.25, 0.3) is 0 Å². The molecular weight excluding hydrogens is 275 g/mol. The minimum atomic E-state index is -4.31. The first-order valence-electron chi connectivity index (χ1n) is 6.06. The van der Waals surface area contributed by atoms with Crippen LogP contribution < -0.4 is 14.8 Å². The van der Waals surface area contributed by atoms with Crippen LogP contribution in [-0.4, -0.2) is 25.9 Å². The number of halogens is 3. The number of para-hydroxylation sites is 2. The van der Waals surface area contributed by atoms with Crippen molar-refractivity contribution in [3.8, 4) is 11.5 Å². The van der Waals surface area contributed by atoms with Crippen LogP contribution in [0, 0.1) is 5.92 Å². The van der Waals surface area contributed by atoms with E-state index in [-0.39, 0.29) is 17.9 Å². The predicted molar refractivity (Wildman–Crippen MR) is 66.9 cm³/mol. The van der Waals surface area contributed by atoms with Gasteiger partial charge in [0.25, 0.3) is 0 Å². The van der Waals surface area contributed by atoms with E-state index in [1.807, 2.05) is 0 Å². The van der Waals surface area contributed by atoms with Crippen molar-refractivity contribution in [3.63, 3.8) is 0 Å². The number of hydrogen-bond donors (Lipinski definition) is 1. The summed E-state index contributed by atoms with van der Waals surface area (Å²) < 4.78 is 47.9. The van der Waals surface area contributed by atoms with Crippen molar-refractivity contribution >= 4 is 6.09 Å². The molecule has 1 rings (SSSR count). The summed E-state index contributed by atoms with van der Waals surface area (Å²) in [6.45, 7) is 0.919. The second-order valence-electron chi connectivity index (χ2n) is 4.04. The molecule has 1 N–H and O–H groups in total. The van der Waals surface area contributed by atoms with Gasteiger partial charge in [0.2, 0.25) is 0 Å². The van der Waals surface area contributed by atoms with Crippen molar-refractivity contribution in [1.82, 2.24) is 5.32 Å². The van der Waals surface area contributed by atoms with E-state index in [0.29, 0.717) is 0 Å². The predicted octanol–water partition coefficient (Wildman–Crippen LogP) is 3.37. The third kappa shape index (κ3) is 4.64. The average molecular weight is 291 g/mol. The fourth-order valence-electron chi connectivity index (χ4n) is 1.44. The minimum Gasteiger partial charge on any atom is -0.489 e. The van der Waals surface area contributed by atoms with E-state index < -0.39 is 24.8 Å². The van der Waals surface area contributed by atoms with Crippen LogP contribution in [-0.2, 0) is 0 Å². The van der Waals surface area contributed by atoms with Crippen LogP contribution in [0.2, 0.25) is 0 Å². The number of carbonyl (C=O) groups excluding carboxylic acids is 1. The van der Waals surface area contributed by atoms with Crippen molar-refractivity contribution in [3.05, 3.63) is 24.3 Å². The van der Waals surface area contributed by atoms with Crippen LogP contribution in [0.4, 0.5) is 18.0 Å². The van der Waals surface area contributed by atoms with E-state index >= 15 is 0 Å². The smallest absolute Gasteiger partial charge is 0.412 e. The molecule has 0 spiro atoms. The Hall–Kier alpha value is -1.92. The van der Waals surface area contributed by atoms with Gasteiger partial charge in [0.15, 0.2) is 11.5 Å². The molecule has 0 fully saturated rings. The van der Waals surface area contributed by atoms with Crippen LogP contribution in [0.5, 0.6) is 11.5 Å². The maximum absolute atomic E-state index is 12.6. The molecule has 7 heteroatoms. The van der Waals surface area contributed by atoms with Gasteiger partial charge in [-0.1, -0.05) is 19.1 Å². The van der Waals surface area contributed by atoms with Crippen LogP contribution >= 0.6 is 0 Å². The number of carbonyl (C=O) groups is 1. The van der Waals surface area contributed by atoms with Gasteiger partial charge >= 0.3 is 12.3 Å². The summed E-state index contributed by atoms with van der Waals surface area (Å²) in [5.74, 6) is -1.39. The van der Waals surface area contributed by atoms with E-state index in [1.54, 1.807) is 12.1 Å². The minimum absolute atomic E-state index is 0.0730. The quantitative estimate of drug-likeness (QED) is 0.904. The Morgan fingerprint density at radius 1 is 1.30 bits per heavy atom. The monoisotopic (exact) mass is 291 g/mol. The summed E-state index contributed by atoms with van der Waals surface area (Å²) in [5.41, 5.74) is 0. The topological polar surface area (TPSA) is 47.6 Å². The summed E-state index contributed by atoms with van der Waals surface area (Å²) in [5, 5.41) is 2.24. The Kier molecular flexibility index (Phi) is 5.66. The molecular formula is C13H16F3NO3. The van der Waals surface area contributed by atoms with Gasteiger partial charge in [0, 0.05) is 7.05 Å². The van der Waals surface area contributed by atoms with Gasteiger partial charge in [-0.05, 0) is 18.6 Å². The van der Waals surface area contributed by atoms with Crippen molar-refractivity contribution in [1.29, 1.82) is 0 Å². The molecule has 0 aliphatic rings. The standard InChI is InChI=1S/C13H16F3NO3/c1-3-9(13(14,15)16)8-19-10-6-4-5-7-11(10)20-12(18)17-2/h4-7,9H,3,8H2,1-2H3,(H,17,18). The van der Waals surface area contributed by atoms with Crippen LogP contribution in [0.3, 0.4) is 0 Å². The molecule has 112 valence electrons. The molecule has 0 saturated heterocycles. The van der Waals surface area contributed by atoms with Gasteiger partial charge in [-0.2, -0.15) is 13.2 Å². The lowest BCUT2D eigenvalue weighted by molar-refractivity contribution is -0.182. The Morgan fingerprint density at radius 2 is 1.90 bits per heavy atom. The fourth-order valence-corrected chi connectivity index (χ4v) is 1.44. The number of amides is 1. The highest BCUT2D eigenvalue weighted by Crippen LogP contribution is 2.32. The van der Waals surface area contributed by atoms with Gasteiger partial charge in [-0.15, -0.1) is 0 Å². The van der Waals surface area contributed by atoms with E-state index in [1.165, 1.54) is 26.1 Å². The molecule has 0 radical (unpaired) electrons. The molecule has 0 bridgehead atoms. The molecule has 0 aromatic heterocycles. The van der Waals surface area contributed by atoms with Gasteiger partial charge in [0.05, 0.1) is 12.5 Å². The van der Waals surface area contributed by atoms with Crippen LogP contribution in [0.1, 0.15) is 13.3 Å². The van der Waals surface area contributed by atoms with Crippen molar-refractivity contribution in [2.75, 3.05) is 13.7 Å². The van der Waals surface area contributed by atoms with Crippen molar-refractivity contribution in [2.24, 2.45) is 5.92 Å². The maximum atomic E-state index is 12.6. The molecule has 0 aliphatic heterocycles. The maximum Gasteiger partial charge on any atom is 0.412 e. The lowest BCUT2D eigenvalue weighted by Gasteiger charge is -2.19. The van der Waals surface area contributed by atoms with Gasteiger partial charge in [-0.25, -0.2) is 4.79 Å². The Labute approximate surface area is 114 Å². The summed E-state index contributed by atoms with van der Waals surface area (Å²) >= 11 is 0. The molecule has 0 aliphatic carbocycles. The highest BCUT2D eigenvalue weighted by molar-refractivity contribution is 5.70. The molecule has 1 amide bonds. The van der Waals surface area contributed by atoms with E-state index in [2.05, 4.69) is 5.32 Å². The molecule has 20 heavy (non-hydrogen) atoms. The second kappa shape index (κ2) is 7.02. The first-order valence-corrected chi connectivity index (χ1v) is 6.06. The number of rotatable bonds is 5. The molecule has 1 aromatic carbocycles. The first-order chi connectivity index (χ1) is 9.38. The Balaban J connectivity index is 2.75. The Bertz CT molecular complexity index is 449. The lowest BCUT2D eigenvalue weighted by atomic mass is 10.1.